The normalized spacial score (nSPS) is 20.7. The van der Waals surface area contributed by atoms with Gasteiger partial charge in [-0.1, -0.05) is 6.07 Å². The van der Waals surface area contributed by atoms with Gasteiger partial charge in [0.25, 0.3) is 0 Å². The smallest absolute Gasteiger partial charge is 0.244 e. The van der Waals surface area contributed by atoms with Crippen LogP contribution in [-0.4, -0.2) is 31.9 Å². The zero-order valence-electron chi connectivity index (χ0n) is 9.97. The van der Waals surface area contributed by atoms with Crippen molar-refractivity contribution in [1.82, 2.24) is 4.31 Å². The highest BCUT2D eigenvalue weighted by molar-refractivity contribution is 9.10. The van der Waals surface area contributed by atoms with E-state index in [1.54, 1.807) is 12.1 Å². The Labute approximate surface area is 122 Å². The van der Waals surface area contributed by atoms with Gasteiger partial charge in [0, 0.05) is 23.6 Å². The van der Waals surface area contributed by atoms with Gasteiger partial charge in [-0.25, -0.2) is 8.42 Å². The first kappa shape index (κ1) is 15.9. The number of nitrogens with zero attached hydrogens (tertiary/aromatic N) is 1. The molecule has 1 saturated heterocycles. The van der Waals surface area contributed by atoms with Gasteiger partial charge in [-0.2, -0.15) is 4.31 Å². The Bertz CT molecular complexity index is 536. The summed E-state index contributed by atoms with van der Waals surface area (Å²) >= 11 is 3.31. The summed E-state index contributed by atoms with van der Waals surface area (Å²) in [5.74, 6) is 0. The molecule has 102 valence electrons. The van der Waals surface area contributed by atoms with Crippen LogP contribution in [0, 0.1) is 6.92 Å². The number of aryl methyl sites for hydroxylation is 1. The van der Waals surface area contributed by atoms with E-state index >= 15 is 0 Å². The minimum atomic E-state index is -3.41. The van der Waals surface area contributed by atoms with Crippen LogP contribution in [0.4, 0.5) is 0 Å². The molecule has 0 aliphatic carbocycles. The van der Waals surface area contributed by atoms with Crippen molar-refractivity contribution in [2.45, 2.75) is 24.3 Å². The van der Waals surface area contributed by atoms with Crippen LogP contribution in [-0.2, 0) is 10.0 Å². The zero-order valence-corrected chi connectivity index (χ0v) is 13.2. The first-order valence-corrected chi connectivity index (χ1v) is 7.66. The molecular weight excluding hydrogens is 340 g/mol. The van der Waals surface area contributed by atoms with Crippen molar-refractivity contribution in [2.24, 2.45) is 5.73 Å². The van der Waals surface area contributed by atoms with Crippen LogP contribution in [0.1, 0.15) is 12.0 Å². The first-order chi connectivity index (χ1) is 7.91. The van der Waals surface area contributed by atoms with Crippen molar-refractivity contribution in [3.05, 3.63) is 28.2 Å². The molecule has 2 N–H and O–H groups in total. The second-order valence-corrected chi connectivity index (χ2v) is 7.11. The number of hydrogen-bond acceptors (Lipinski definition) is 3. The van der Waals surface area contributed by atoms with Gasteiger partial charge >= 0.3 is 0 Å². The van der Waals surface area contributed by atoms with Gasteiger partial charge in [0.15, 0.2) is 0 Å². The lowest BCUT2D eigenvalue weighted by Gasteiger charge is -2.17. The number of rotatable bonds is 2. The lowest BCUT2D eigenvalue weighted by Crippen LogP contribution is -2.32. The molecule has 0 spiro atoms. The van der Waals surface area contributed by atoms with Crippen LogP contribution in [0.3, 0.4) is 0 Å². The van der Waals surface area contributed by atoms with Crippen molar-refractivity contribution < 1.29 is 8.42 Å². The highest BCUT2D eigenvalue weighted by Gasteiger charge is 2.31. The van der Waals surface area contributed by atoms with E-state index < -0.39 is 10.0 Å². The van der Waals surface area contributed by atoms with Crippen molar-refractivity contribution in [3.63, 3.8) is 0 Å². The summed E-state index contributed by atoms with van der Waals surface area (Å²) < 4.78 is 26.8. The highest BCUT2D eigenvalue weighted by Crippen LogP contribution is 2.27. The summed E-state index contributed by atoms with van der Waals surface area (Å²) in [5.41, 5.74) is 6.77. The maximum Gasteiger partial charge on any atom is 0.244 e. The van der Waals surface area contributed by atoms with Crippen LogP contribution in [0.15, 0.2) is 27.6 Å². The van der Waals surface area contributed by atoms with E-state index in [0.29, 0.717) is 22.5 Å². The summed E-state index contributed by atoms with van der Waals surface area (Å²) in [7, 11) is -3.41. The molecule has 0 radical (unpaired) electrons. The monoisotopic (exact) mass is 354 g/mol. The second-order valence-electron chi connectivity index (χ2n) is 4.35. The SMILES string of the molecule is Cc1ccc(S(=O)(=O)N2CCC(N)C2)c(Br)c1.Cl. The molecule has 2 rings (SSSR count). The molecule has 1 aromatic rings. The Hall–Kier alpha value is -0.140. The molecule has 7 heteroatoms. The minimum absolute atomic E-state index is 0. The van der Waals surface area contributed by atoms with E-state index in [1.165, 1.54) is 4.31 Å². The highest BCUT2D eigenvalue weighted by atomic mass is 79.9. The third kappa shape index (κ3) is 3.05. The van der Waals surface area contributed by atoms with Gasteiger partial charge in [-0.15, -0.1) is 12.4 Å². The minimum Gasteiger partial charge on any atom is -0.326 e. The number of benzene rings is 1. The van der Waals surface area contributed by atoms with Crippen molar-refractivity contribution in [3.8, 4) is 0 Å². The topological polar surface area (TPSA) is 63.4 Å². The molecule has 1 heterocycles. The molecule has 18 heavy (non-hydrogen) atoms. The number of halogens is 2. The molecule has 0 bridgehead atoms. The van der Waals surface area contributed by atoms with Crippen LogP contribution in [0.25, 0.3) is 0 Å². The Morgan fingerprint density at radius 1 is 1.44 bits per heavy atom. The average Bonchev–Trinajstić information content (AvgIpc) is 2.64. The fourth-order valence-corrected chi connectivity index (χ4v) is 4.59. The Morgan fingerprint density at radius 3 is 2.61 bits per heavy atom. The molecular formula is C11H16BrClN2O2S. The lowest BCUT2D eigenvalue weighted by atomic mass is 10.2. The molecule has 4 nitrogen and oxygen atoms in total. The predicted octanol–water partition coefficient (Wildman–Crippen LogP) is 1.90. The summed E-state index contributed by atoms with van der Waals surface area (Å²) in [5, 5.41) is 0. The van der Waals surface area contributed by atoms with Crippen molar-refractivity contribution in [1.29, 1.82) is 0 Å². The molecule has 1 atom stereocenters. The van der Waals surface area contributed by atoms with E-state index in [0.717, 1.165) is 12.0 Å². The van der Waals surface area contributed by atoms with Crippen LogP contribution >= 0.6 is 28.3 Å². The number of sulfonamides is 1. The largest absolute Gasteiger partial charge is 0.326 e. The third-order valence-corrected chi connectivity index (χ3v) is 5.73. The first-order valence-electron chi connectivity index (χ1n) is 5.43. The van der Waals surface area contributed by atoms with E-state index in [-0.39, 0.29) is 18.4 Å². The van der Waals surface area contributed by atoms with Crippen molar-refractivity contribution >= 4 is 38.4 Å². The van der Waals surface area contributed by atoms with Crippen LogP contribution < -0.4 is 5.73 Å². The molecule has 0 aromatic heterocycles. The van der Waals surface area contributed by atoms with Gasteiger partial charge in [0.1, 0.15) is 0 Å². The van der Waals surface area contributed by atoms with Crippen LogP contribution in [0.2, 0.25) is 0 Å². The molecule has 1 aliphatic rings. The van der Waals surface area contributed by atoms with E-state index in [9.17, 15) is 8.42 Å². The third-order valence-electron chi connectivity index (χ3n) is 2.89. The van der Waals surface area contributed by atoms with Crippen molar-refractivity contribution in [2.75, 3.05) is 13.1 Å². The van der Waals surface area contributed by atoms with E-state index in [2.05, 4.69) is 15.9 Å². The zero-order chi connectivity index (χ0) is 12.6. The van der Waals surface area contributed by atoms with Gasteiger partial charge in [0.05, 0.1) is 4.90 Å². The molecule has 1 aromatic carbocycles. The average molecular weight is 356 g/mol. The summed E-state index contributed by atoms with van der Waals surface area (Å²) in [6, 6.07) is 5.20. The van der Waals surface area contributed by atoms with E-state index in [1.807, 2.05) is 13.0 Å². The van der Waals surface area contributed by atoms with Gasteiger partial charge in [0.2, 0.25) is 10.0 Å². The fraction of sp³-hybridized carbons (Fsp3) is 0.455. The van der Waals surface area contributed by atoms with E-state index in [4.69, 9.17) is 5.73 Å². The Kier molecular flexibility index (Phi) is 5.20. The Morgan fingerprint density at radius 2 is 2.11 bits per heavy atom. The van der Waals surface area contributed by atoms with Gasteiger partial charge < -0.3 is 5.73 Å². The maximum atomic E-state index is 12.4. The summed E-state index contributed by atoms with van der Waals surface area (Å²) in [4.78, 5) is 0.317. The molecule has 1 fully saturated rings. The second kappa shape index (κ2) is 5.88. The maximum absolute atomic E-state index is 12.4. The predicted molar refractivity (Wildman–Crippen MR) is 77.5 cm³/mol. The quantitative estimate of drug-likeness (QED) is 0.881. The molecule has 1 aliphatic heterocycles. The standard InChI is InChI=1S/C11H15BrN2O2S.ClH/c1-8-2-3-11(10(12)6-8)17(15,16)14-5-4-9(13)7-14;/h2-3,6,9H,4-5,7,13H2,1H3;1H. The van der Waals surface area contributed by atoms with Gasteiger partial charge in [-0.3, -0.25) is 0 Å². The molecule has 0 amide bonds. The summed E-state index contributed by atoms with van der Waals surface area (Å²) in [6.07, 6.45) is 0.725. The lowest BCUT2D eigenvalue weighted by molar-refractivity contribution is 0.472. The fourth-order valence-electron chi connectivity index (χ4n) is 1.93. The molecule has 0 saturated carbocycles. The Balaban J connectivity index is 0.00000162. The number of hydrogen-bond donors (Lipinski definition) is 1. The van der Waals surface area contributed by atoms with Crippen LogP contribution in [0.5, 0.6) is 0 Å². The summed E-state index contributed by atoms with van der Waals surface area (Å²) in [6.45, 7) is 2.83. The van der Waals surface area contributed by atoms with Gasteiger partial charge in [-0.05, 0) is 47.0 Å². The molecule has 1 unspecified atom stereocenters. The number of nitrogens with two attached hydrogens (primary N) is 1.